The molecule has 0 saturated heterocycles. The molecule has 0 aromatic carbocycles. The van der Waals surface area contributed by atoms with Crippen LogP contribution in [0.4, 0.5) is 0 Å². The Labute approximate surface area is 97.2 Å². The first-order valence-electron chi connectivity index (χ1n) is 6.05. The number of carbonyl (C=O) groups is 1. The fourth-order valence-electron chi connectivity index (χ4n) is 2.17. The van der Waals surface area contributed by atoms with E-state index >= 15 is 0 Å². The van der Waals surface area contributed by atoms with E-state index in [4.69, 9.17) is 0 Å². The summed E-state index contributed by atoms with van der Waals surface area (Å²) in [4.78, 5) is 11.8. The van der Waals surface area contributed by atoms with Gasteiger partial charge in [0.25, 0.3) is 0 Å². The van der Waals surface area contributed by atoms with Gasteiger partial charge in [0.2, 0.25) is 0 Å². The van der Waals surface area contributed by atoms with Gasteiger partial charge in [0.1, 0.15) is 5.78 Å². The van der Waals surface area contributed by atoms with Crippen molar-refractivity contribution in [3.63, 3.8) is 0 Å². The average Bonchev–Trinajstić information content (AvgIpc) is 2.31. The third kappa shape index (κ3) is 3.34. The van der Waals surface area contributed by atoms with Gasteiger partial charge in [-0.2, -0.15) is 0 Å². The van der Waals surface area contributed by atoms with Crippen molar-refractivity contribution in [3.05, 3.63) is 48.1 Å². The fourth-order valence-corrected chi connectivity index (χ4v) is 2.17. The maximum atomic E-state index is 11.8. The number of allylic oxidation sites excluding steroid dienone is 8. The van der Waals surface area contributed by atoms with E-state index in [0.717, 1.165) is 19.3 Å². The van der Waals surface area contributed by atoms with Gasteiger partial charge in [0.05, 0.1) is 0 Å². The lowest BCUT2D eigenvalue weighted by molar-refractivity contribution is -0.118. The van der Waals surface area contributed by atoms with Crippen LogP contribution in [-0.4, -0.2) is 5.78 Å². The third-order valence-electron chi connectivity index (χ3n) is 3.03. The van der Waals surface area contributed by atoms with E-state index in [9.17, 15) is 4.79 Å². The summed E-state index contributed by atoms with van der Waals surface area (Å²) < 4.78 is 0. The highest BCUT2D eigenvalue weighted by Gasteiger charge is 2.12. The monoisotopic (exact) mass is 214 g/mol. The molecule has 1 unspecified atom stereocenters. The van der Waals surface area contributed by atoms with E-state index < -0.39 is 0 Å². The summed E-state index contributed by atoms with van der Waals surface area (Å²) in [6.45, 7) is 0. The SMILES string of the molecule is O=C(CC1=CCCC=C1)CC1C=CC=CC1. The van der Waals surface area contributed by atoms with Crippen LogP contribution < -0.4 is 0 Å². The first-order chi connectivity index (χ1) is 7.84. The number of ketones is 1. The van der Waals surface area contributed by atoms with E-state index in [1.165, 1.54) is 5.57 Å². The van der Waals surface area contributed by atoms with Crippen molar-refractivity contribution in [2.45, 2.75) is 32.1 Å². The second-order valence-electron chi connectivity index (χ2n) is 4.49. The molecule has 0 N–H and O–H groups in total. The minimum absolute atomic E-state index is 0.364. The quantitative estimate of drug-likeness (QED) is 0.696. The van der Waals surface area contributed by atoms with Crippen LogP contribution in [0.1, 0.15) is 32.1 Å². The molecule has 0 radical (unpaired) electrons. The van der Waals surface area contributed by atoms with E-state index in [-0.39, 0.29) is 0 Å². The first-order valence-corrected chi connectivity index (χ1v) is 6.05. The van der Waals surface area contributed by atoms with Gasteiger partial charge in [0.15, 0.2) is 0 Å². The third-order valence-corrected chi connectivity index (χ3v) is 3.03. The van der Waals surface area contributed by atoms with Crippen molar-refractivity contribution in [3.8, 4) is 0 Å². The molecule has 0 spiro atoms. The summed E-state index contributed by atoms with van der Waals surface area (Å²) in [5, 5.41) is 0. The van der Waals surface area contributed by atoms with Crippen molar-refractivity contribution < 1.29 is 4.79 Å². The minimum atomic E-state index is 0.364. The summed E-state index contributed by atoms with van der Waals surface area (Å²) in [5.41, 5.74) is 1.20. The largest absolute Gasteiger partial charge is 0.299 e. The van der Waals surface area contributed by atoms with Crippen LogP contribution in [0.2, 0.25) is 0 Å². The molecular formula is C15H18O. The van der Waals surface area contributed by atoms with Crippen LogP contribution in [0.3, 0.4) is 0 Å². The van der Waals surface area contributed by atoms with Gasteiger partial charge in [0, 0.05) is 12.8 Å². The second-order valence-corrected chi connectivity index (χ2v) is 4.49. The van der Waals surface area contributed by atoms with Gasteiger partial charge in [-0.05, 0) is 30.8 Å². The molecule has 1 heteroatoms. The van der Waals surface area contributed by atoms with E-state index in [1.807, 2.05) is 12.2 Å². The van der Waals surface area contributed by atoms with E-state index in [0.29, 0.717) is 24.5 Å². The molecule has 84 valence electrons. The Bertz CT molecular complexity index is 369. The topological polar surface area (TPSA) is 17.1 Å². The molecular weight excluding hydrogens is 196 g/mol. The lowest BCUT2D eigenvalue weighted by Crippen LogP contribution is -2.08. The standard InChI is InChI=1S/C15H18O/c16-15(11-13-7-3-1-4-8-13)12-14-9-5-2-6-10-14/h1,3-5,7,9-10,13H,2,6,8,11-12H2. The Morgan fingerprint density at radius 1 is 1.25 bits per heavy atom. The maximum Gasteiger partial charge on any atom is 0.137 e. The highest BCUT2D eigenvalue weighted by atomic mass is 16.1. The lowest BCUT2D eigenvalue weighted by Gasteiger charge is -2.12. The van der Waals surface area contributed by atoms with Gasteiger partial charge >= 0.3 is 0 Å². The average molecular weight is 214 g/mol. The number of rotatable bonds is 4. The van der Waals surface area contributed by atoms with Crippen LogP contribution in [0, 0.1) is 5.92 Å². The summed E-state index contributed by atoms with van der Waals surface area (Å²) >= 11 is 0. The van der Waals surface area contributed by atoms with Gasteiger partial charge < -0.3 is 0 Å². The molecule has 0 amide bonds. The number of hydrogen-bond donors (Lipinski definition) is 0. The predicted molar refractivity (Wildman–Crippen MR) is 67.1 cm³/mol. The van der Waals surface area contributed by atoms with Crippen LogP contribution in [0.5, 0.6) is 0 Å². The molecule has 0 aromatic heterocycles. The van der Waals surface area contributed by atoms with Crippen LogP contribution >= 0.6 is 0 Å². The van der Waals surface area contributed by atoms with Gasteiger partial charge in [-0.3, -0.25) is 4.79 Å². The number of Topliss-reactive ketones (excluding diaryl/α,β-unsaturated/α-hetero) is 1. The van der Waals surface area contributed by atoms with Crippen molar-refractivity contribution in [2.75, 3.05) is 0 Å². The molecule has 1 nitrogen and oxygen atoms in total. The zero-order valence-corrected chi connectivity index (χ0v) is 9.56. The Morgan fingerprint density at radius 2 is 2.19 bits per heavy atom. The zero-order valence-electron chi connectivity index (χ0n) is 9.56. The second kappa shape index (κ2) is 5.64. The fraction of sp³-hybridized carbons (Fsp3) is 0.400. The first kappa shape index (κ1) is 11.1. The Balaban J connectivity index is 1.80. The minimum Gasteiger partial charge on any atom is -0.299 e. The van der Waals surface area contributed by atoms with Crippen molar-refractivity contribution in [1.82, 2.24) is 0 Å². The summed E-state index contributed by atoms with van der Waals surface area (Å²) in [7, 11) is 0. The van der Waals surface area contributed by atoms with E-state index in [2.05, 4.69) is 30.4 Å². The highest BCUT2D eigenvalue weighted by Crippen LogP contribution is 2.20. The number of hydrogen-bond acceptors (Lipinski definition) is 1. The van der Waals surface area contributed by atoms with E-state index in [1.54, 1.807) is 0 Å². The van der Waals surface area contributed by atoms with Gasteiger partial charge in [-0.25, -0.2) is 0 Å². The number of carbonyl (C=O) groups excluding carboxylic acids is 1. The van der Waals surface area contributed by atoms with Crippen molar-refractivity contribution in [2.24, 2.45) is 5.92 Å². The molecule has 0 bridgehead atoms. The molecule has 0 fully saturated rings. The molecule has 0 aliphatic heterocycles. The predicted octanol–water partition coefficient (Wildman–Crippen LogP) is 3.74. The summed E-state index contributed by atoms with van der Waals surface area (Å²) in [5.74, 6) is 0.786. The summed E-state index contributed by atoms with van der Waals surface area (Å²) in [6.07, 6.45) is 19.3. The molecule has 1 atom stereocenters. The molecule has 16 heavy (non-hydrogen) atoms. The Morgan fingerprint density at radius 3 is 2.88 bits per heavy atom. The summed E-state index contributed by atoms with van der Waals surface area (Å²) in [6, 6.07) is 0. The van der Waals surface area contributed by atoms with Crippen LogP contribution in [0.25, 0.3) is 0 Å². The Hall–Kier alpha value is -1.37. The smallest absolute Gasteiger partial charge is 0.137 e. The lowest BCUT2D eigenvalue weighted by atomic mass is 9.92. The van der Waals surface area contributed by atoms with Crippen molar-refractivity contribution in [1.29, 1.82) is 0 Å². The molecule has 0 heterocycles. The molecule has 2 aliphatic rings. The Kier molecular flexibility index (Phi) is 3.92. The van der Waals surface area contributed by atoms with Gasteiger partial charge in [-0.15, -0.1) is 0 Å². The normalized spacial score (nSPS) is 23.2. The van der Waals surface area contributed by atoms with Crippen LogP contribution in [0.15, 0.2) is 48.1 Å². The van der Waals surface area contributed by atoms with Crippen LogP contribution in [-0.2, 0) is 4.79 Å². The maximum absolute atomic E-state index is 11.8. The molecule has 2 rings (SSSR count). The molecule has 0 saturated carbocycles. The zero-order chi connectivity index (χ0) is 11.2. The van der Waals surface area contributed by atoms with Crippen molar-refractivity contribution >= 4 is 5.78 Å². The van der Waals surface area contributed by atoms with Gasteiger partial charge in [-0.1, -0.05) is 42.5 Å². The molecule has 0 aromatic rings. The molecule has 2 aliphatic carbocycles. The highest BCUT2D eigenvalue weighted by molar-refractivity contribution is 5.82.